The number of carbonyl (C=O) groups excluding carboxylic acids is 1. The number of nitrogens with one attached hydrogen (secondary N) is 1. The number of amides is 1. The van der Waals surface area contributed by atoms with Crippen molar-refractivity contribution in [3.05, 3.63) is 25.0 Å². The van der Waals surface area contributed by atoms with E-state index in [0.717, 1.165) is 32.0 Å². The molecule has 3 heterocycles. The molecule has 1 fully saturated rings. The van der Waals surface area contributed by atoms with Crippen molar-refractivity contribution in [2.75, 3.05) is 43.4 Å². The van der Waals surface area contributed by atoms with E-state index in [1.165, 1.54) is 23.7 Å². The lowest BCUT2D eigenvalue weighted by atomic mass is 10.3. The van der Waals surface area contributed by atoms with Gasteiger partial charge in [-0.1, -0.05) is 0 Å². The first kappa shape index (κ1) is 14.4. The second-order valence-electron chi connectivity index (χ2n) is 5.19. The summed E-state index contributed by atoms with van der Waals surface area (Å²) in [5.74, 6) is 1.13. The first-order valence-electron chi connectivity index (χ1n) is 7.08. The van der Waals surface area contributed by atoms with E-state index in [-0.39, 0.29) is 12.5 Å². The average molecular weight is 302 g/mol. The van der Waals surface area contributed by atoms with Gasteiger partial charge < -0.3 is 15.1 Å². The number of aromatic nitrogens is 5. The van der Waals surface area contributed by atoms with Crippen molar-refractivity contribution in [1.29, 1.82) is 0 Å². The van der Waals surface area contributed by atoms with E-state index in [1.54, 1.807) is 6.07 Å². The van der Waals surface area contributed by atoms with Gasteiger partial charge in [0.15, 0.2) is 0 Å². The number of carbonyl (C=O) groups is 1. The molecule has 3 rings (SSSR count). The summed E-state index contributed by atoms with van der Waals surface area (Å²) >= 11 is 0. The van der Waals surface area contributed by atoms with Gasteiger partial charge >= 0.3 is 0 Å². The predicted molar refractivity (Wildman–Crippen MR) is 80.4 cm³/mol. The first-order valence-corrected chi connectivity index (χ1v) is 7.08. The molecule has 0 spiro atoms. The molecule has 0 saturated carbocycles. The SMILES string of the molecule is CN1CCN(c2cc(NC(=O)Cn3cncn3)ncn2)CC1. The Morgan fingerprint density at radius 1 is 1.23 bits per heavy atom. The molecule has 1 saturated heterocycles. The molecule has 2 aromatic heterocycles. The number of likely N-dealkylation sites (N-methyl/N-ethyl adjacent to an activating group) is 1. The highest BCUT2D eigenvalue weighted by Gasteiger charge is 2.16. The molecule has 1 N–H and O–H groups in total. The quantitative estimate of drug-likeness (QED) is 0.810. The number of hydrogen-bond donors (Lipinski definition) is 1. The molecule has 9 heteroatoms. The molecular formula is C13H18N8O. The summed E-state index contributed by atoms with van der Waals surface area (Å²) in [5, 5.41) is 6.65. The second kappa shape index (κ2) is 6.48. The number of hydrogen-bond acceptors (Lipinski definition) is 7. The lowest BCUT2D eigenvalue weighted by Crippen LogP contribution is -2.44. The zero-order chi connectivity index (χ0) is 15.4. The maximum atomic E-state index is 11.9. The van der Waals surface area contributed by atoms with Crippen molar-refractivity contribution in [2.24, 2.45) is 0 Å². The summed E-state index contributed by atoms with van der Waals surface area (Å²) in [4.78, 5) is 28.6. The van der Waals surface area contributed by atoms with Crippen LogP contribution < -0.4 is 10.2 Å². The lowest BCUT2D eigenvalue weighted by Gasteiger charge is -2.33. The van der Waals surface area contributed by atoms with Crippen LogP contribution in [0, 0.1) is 0 Å². The van der Waals surface area contributed by atoms with Crippen molar-refractivity contribution in [3.63, 3.8) is 0 Å². The van der Waals surface area contributed by atoms with Crippen molar-refractivity contribution in [3.8, 4) is 0 Å². The van der Waals surface area contributed by atoms with Crippen LogP contribution in [0.3, 0.4) is 0 Å². The molecule has 1 aliphatic rings. The van der Waals surface area contributed by atoms with Crippen LogP contribution in [0.4, 0.5) is 11.6 Å². The minimum absolute atomic E-state index is 0.105. The molecule has 0 atom stereocenters. The normalized spacial score (nSPS) is 15.8. The molecule has 0 unspecified atom stereocenters. The van der Waals surface area contributed by atoms with Crippen LogP contribution in [-0.4, -0.2) is 68.8 Å². The van der Waals surface area contributed by atoms with Gasteiger partial charge in [-0.3, -0.25) is 4.79 Å². The number of anilines is 2. The molecule has 22 heavy (non-hydrogen) atoms. The van der Waals surface area contributed by atoms with Gasteiger partial charge in [-0.05, 0) is 7.05 Å². The second-order valence-corrected chi connectivity index (χ2v) is 5.19. The molecule has 0 radical (unpaired) electrons. The van der Waals surface area contributed by atoms with E-state index in [2.05, 4.69) is 42.2 Å². The number of piperazine rings is 1. The van der Waals surface area contributed by atoms with E-state index in [0.29, 0.717) is 5.82 Å². The molecule has 116 valence electrons. The third-order valence-electron chi connectivity index (χ3n) is 3.52. The highest BCUT2D eigenvalue weighted by atomic mass is 16.2. The summed E-state index contributed by atoms with van der Waals surface area (Å²) in [6.45, 7) is 3.93. The Hall–Kier alpha value is -2.55. The Morgan fingerprint density at radius 3 is 2.77 bits per heavy atom. The van der Waals surface area contributed by atoms with Gasteiger partial charge in [-0.15, -0.1) is 0 Å². The lowest BCUT2D eigenvalue weighted by molar-refractivity contribution is -0.116. The van der Waals surface area contributed by atoms with Gasteiger partial charge in [0.2, 0.25) is 5.91 Å². The Balaban J connectivity index is 1.62. The van der Waals surface area contributed by atoms with Crippen LogP contribution in [0.2, 0.25) is 0 Å². The summed E-state index contributed by atoms with van der Waals surface area (Å²) < 4.78 is 1.46. The summed E-state index contributed by atoms with van der Waals surface area (Å²) in [5.41, 5.74) is 0. The zero-order valence-corrected chi connectivity index (χ0v) is 12.4. The van der Waals surface area contributed by atoms with Gasteiger partial charge in [-0.2, -0.15) is 5.10 Å². The fourth-order valence-electron chi connectivity index (χ4n) is 2.27. The fraction of sp³-hybridized carbons (Fsp3) is 0.462. The third kappa shape index (κ3) is 3.55. The number of nitrogens with zero attached hydrogens (tertiary/aromatic N) is 7. The molecule has 1 amide bonds. The Bertz CT molecular complexity index is 621. The van der Waals surface area contributed by atoms with Crippen LogP contribution in [0.1, 0.15) is 0 Å². The van der Waals surface area contributed by atoms with E-state index < -0.39 is 0 Å². The van der Waals surface area contributed by atoms with Crippen LogP contribution in [-0.2, 0) is 11.3 Å². The molecule has 1 aliphatic heterocycles. The van der Waals surface area contributed by atoms with Gasteiger partial charge in [0, 0.05) is 32.2 Å². The van der Waals surface area contributed by atoms with Crippen LogP contribution in [0.25, 0.3) is 0 Å². The molecule has 2 aromatic rings. The number of rotatable bonds is 4. The average Bonchev–Trinajstić information content (AvgIpc) is 3.01. The standard InChI is InChI=1S/C13H18N8O/c1-19-2-4-20(5-3-19)12-6-11(15-9-16-12)18-13(22)7-21-10-14-8-17-21/h6,8-10H,2-5,7H2,1H3,(H,15,16,18,22). The summed E-state index contributed by atoms with van der Waals surface area (Å²) in [6, 6.07) is 1.80. The topological polar surface area (TPSA) is 92.1 Å². The molecule has 0 aromatic carbocycles. The van der Waals surface area contributed by atoms with Crippen molar-refractivity contribution >= 4 is 17.5 Å². The van der Waals surface area contributed by atoms with Crippen molar-refractivity contribution in [1.82, 2.24) is 29.6 Å². The Morgan fingerprint density at radius 2 is 2.05 bits per heavy atom. The molecular weight excluding hydrogens is 284 g/mol. The van der Waals surface area contributed by atoms with Crippen molar-refractivity contribution in [2.45, 2.75) is 6.54 Å². The van der Waals surface area contributed by atoms with Gasteiger partial charge in [0.05, 0.1) is 0 Å². The predicted octanol–water partition coefficient (Wildman–Crippen LogP) is -0.541. The van der Waals surface area contributed by atoms with E-state index in [4.69, 9.17) is 0 Å². The third-order valence-corrected chi connectivity index (χ3v) is 3.52. The van der Waals surface area contributed by atoms with Crippen LogP contribution >= 0.6 is 0 Å². The van der Waals surface area contributed by atoms with E-state index >= 15 is 0 Å². The van der Waals surface area contributed by atoms with Crippen molar-refractivity contribution < 1.29 is 4.79 Å². The van der Waals surface area contributed by atoms with Gasteiger partial charge in [0.1, 0.15) is 37.2 Å². The minimum atomic E-state index is -0.200. The summed E-state index contributed by atoms with van der Waals surface area (Å²) in [7, 11) is 2.10. The highest BCUT2D eigenvalue weighted by Crippen LogP contribution is 2.15. The van der Waals surface area contributed by atoms with Gasteiger partial charge in [-0.25, -0.2) is 19.6 Å². The maximum Gasteiger partial charge on any atom is 0.247 e. The monoisotopic (exact) mass is 302 g/mol. The molecule has 0 bridgehead atoms. The van der Waals surface area contributed by atoms with Crippen LogP contribution in [0.15, 0.2) is 25.0 Å². The zero-order valence-electron chi connectivity index (χ0n) is 12.4. The smallest absolute Gasteiger partial charge is 0.247 e. The Labute approximate surface area is 128 Å². The van der Waals surface area contributed by atoms with E-state index in [1.807, 2.05) is 0 Å². The largest absolute Gasteiger partial charge is 0.354 e. The van der Waals surface area contributed by atoms with E-state index in [9.17, 15) is 4.79 Å². The molecule has 0 aliphatic carbocycles. The first-order chi connectivity index (χ1) is 10.7. The maximum absolute atomic E-state index is 11.9. The minimum Gasteiger partial charge on any atom is -0.354 e. The van der Waals surface area contributed by atoms with Gasteiger partial charge in [0.25, 0.3) is 0 Å². The summed E-state index contributed by atoms with van der Waals surface area (Å²) in [6.07, 6.45) is 4.36. The van der Waals surface area contributed by atoms with Crippen LogP contribution in [0.5, 0.6) is 0 Å². The highest BCUT2D eigenvalue weighted by molar-refractivity contribution is 5.89. The Kier molecular flexibility index (Phi) is 4.24. The fourth-order valence-corrected chi connectivity index (χ4v) is 2.27. The molecule has 9 nitrogen and oxygen atoms in total.